The van der Waals surface area contributed by atoms with Gasteiger partial charge in [0.05, 0.1) is 30.4 Å². The van der Waals surface area contributed by atoms with E-state index in [1.165, 1.54) is 6.20 Å². The van der Waals surface area contributed by atoms with Gasteiger partial charge in [0.2, 0.25) is 0 Å². The third kappa shape index (κ3) is 10.5. The first kappa shape index (κ1) is 38.1. The number of nitrogens with zero attached hydrogens (tertiary/aromatic N) is 2. The van der Waals surface area contributed by atoms with E-state index in [9.17, 15) is 14.4 Å². The molecule has 4 aromatic carbocycles. The van der Waals surface area contributed by atoms with E-state index in [2.05, 4.69) is 21.7 Å². The van der Waals surface area contributed by atoms with E-state index in [0.717, 1.165) is 38.8 Å². The number of alkyl carbamates (subject to hydrolysis) is 1. The Kier molecular flexibility index (Phi) is 12.2. The standard InChI is InChI=1S/C42H47N5O6/c1-27-21-30(24-35-37(27)45-26-36(39(43)48)38(35)46-32-11-8-12-34(25-32)51-6)22-29-9-7-10-31(23-29)40(49)47(5)19-20-52-33-15-13-28(14-16-33)17-18-44-41(50)53-42(2,3)4/h7-16,21,23-26H,17-20,22H2,1-6H3,(H2,43,48)(H,44,50)(H,45,46). The molecule has 0 spiro atoms. The molecule has 1 aromatic heterocycles. The zero-order chi connectivity index (χ0) is 38.1. The molecule has 5 rings (SSSR count). The van der Waals surface area contributed by atoms with E-state index in [1.54, 1.807) is 19.1 Å². The van der Waals surface area contributed by atoms with Gasteiger partial charge in [0.25, 0.3) is 11.8 Å². The summed E-state index contributed by atoms with van der Waals surface area (Å²) in [5.74, 6) is 0.667. The molecule has 0 saturated heterocycles. The molecule has 276 valence electrons. The number of pyridine rings is 1. The number of aryl methyl sites for hydroxylation is 1. The van der Waals surface area contributed by atoms with E-state index in [4.69, 9.17) is 19.9 Å². The molecule has 4 N–H and O–H groups in total. The predicted molar refractivity (Wildman–Crippen MR) is 207 cm³/mol. The molecule has 0 radical (unpaired) electrons. The molecule has 11 nitrogen and oxygen atoms in total. The summed E-state index contributed by atoms with van der Waals surface area (Å²) in [6.07, 6.45) is 2.28. The topological polar surface area (TPSA) is 145 Å². The van der Waals surface area contributed by atoms with Gasteiger partial charge in [0, 0.05) is 42.5 Å². The molecule has 11 heteroatoms. The van der Waals surface area contributed by atoms with Crippen LogP contribution in [0.2, 0.25) is 0 Å². The predicted octanol–water partition coefficient (Wildman–Crippen LogP) is 7.20. The first-order chi connectivity index (χ1) is 25.3. The van der Waals surface area contributed by atoms with E-state index in [-0.39, 0.29) is 11.5 Å². The van der Waals surface area contributed by atoms with Crippen molar-refractivity contribution in [2.75, 3.05) is 39.2 Å². The zero-order valence-electron chi connectivity index (χ0n) is 31.1. The van der Waals surface area contributed by atoms with Gasteiger partial charge >= 0.3 is 6.09 Å². The molecule has 0 aliphatic heterocycles. The van der Waals surface area contributed by atoms with Gasteiger partial charge in [0.15, 0.2) is 0 Å². The largest absolute Gasteiger partial charge is 0.497 e. The number of carbonyl (C=O) groups excluding carboxylic acids is 3. The van der Waals surface area contributed by atoms with Crippen molar-refractivity contribution >= 4 is 40.2 Å². The normalized spacial score (nSPS) is 11.1. The van der Waals surface area contributed by atoms with Crippen molar-refractivity contribution in [3.63, 3.8) is 0 Å². The molecule has 0 saturated carbocycles. The number of likely N-dealkylation sites (N-methyl/N-ethyl adjacent to an activating group) is 1. The van der Waals surface area contributed by atoms with Crippen molar-refractivity contribution in [1.29, 1.82) is 0 Å². The lowest BCUT2D eigenvalue weighted by Crippen LogP contribution is -2.33. The number of hydrogen-bond acceptors (Lipinski definition) is 8. The highest BCUT2D eigenvalue weighted by molar-refractivity contribution is 6.08. The van der Waals surface area contributed by atoms with Crippen LogP contribution in [0.4, 0.5) is 16.2 Å². The van der Waals surface area contributed by atoms with Gasteiger partial charge in [-0.25, -0.2) is 4.79 Å². The summed E-state index contributed by atoms with van der Waals surface area (Å²) in [6, 6.07) is 26.8. The van der Waals surface area contributed by atoms with Gasteiger partial charge in [-0.3, -0.25) is 14.6 Å². The number of benzene rings is 4. The molecule has 1 heterocycles. The number of ether oxygens (including phenoxy) is 3. The number of fused-ring (bicyclic) bond motifs is 1. The maximum atomic E-state index is 13.4. The second kappa shape index (κ2) is 16.9. The highest BCUT2D eigenvalue weighted by Crippen LogP contribution is 2.33. The van der Waals surface area contributed by atoms with Gasteiger partial charge in [-0.05, 0) is 105 Å². The fourth-order valence-electron chi connectivity index (χ4n) is 5.87. The fraction of sp³-hybridized carbons (Fsp3) is 0.286. The van der Waals surface area contributed by atoms with Gasteiger partial charge < -0.3 is 35.5 Å². The lowest BCUT2D eigenvalue weighted by Gasteiger charge is -2.19. The van der Waals surface area contributed by atoms with Crippen LogP contribution in [-0.4, -0.2) is 67.2 Å². The van der Waals surface area contributed by atoms with Crippen LogP contribution in [0.5, 0.6) is 11.5 Å². The summed E-state index contributed by atoms with van der Waals surface area (Å²) in [5.41, 5.74) is 12.1. The van der Waals surface area contributed by atoms with Gasteiger partial charge in [0.1, 0.15) is 23.7 Å². The number of amides is 3. The van der Waals surface area contributed by atoms with E-state index < -0.39 is 17.6 Å². The van der Waals surface area contributed by atoms with Crippen LogP contribution in [0.3, 0.4) is 0 Å². The van der Waals surface area contributed by atoms with E-state index >= 15 is 0 Å². The Morgan fingerprint density at radius 1 is 0.887 bits per heavy atom. The van der Waals surface area contributed by atoms with Crippen LogP contribution in [-0.2, 0) is 17.6 Å². The number of nitrogens with one attached hydrogen (secondary N) is 2. The molecule has 0 aliphatic rings. The molecule has 5 aromatic rings. The monoisotopic (exact) mass is 717 g/mol. The summed E-state index contributed by atoms with van der Waals surface area (Å²) < 4.78 is 16.6. The third-order valence-corrected chi connectivity index (χ3v) is 8.46. The van der Waals surface area contributed by atoms with Crippen molar-refractivity contribution in [3.05, 3.63) is 125 Å². The Balaban J connectivity index is 1.21. The van der Waals surface area contributed by atoms with Crippen LogP contribution < -0.4 is 25.8 Å². The highest BCUT2D eigenvalue weighted by Gasteiger charge is 2.18. The molecule has 3 amide bonds. The second-order valence-corrected chi connectivity index (χ2v) is 13.9. The summed E-state index contributed by atoms with van der Waals surface area (Å²) in [6.45, 7) is 8.65. The Bertz CT molecular complexity index is 2090. The van der Waals surface area contributed by atoms with Crippen molar-refractivity contribution in [3.8, 4) is 11.5 Å². The minimum Gasteiger partial charge on any atom is -0.497 e. The SMILES string of the molecule is COc1cccc(Nc2c(C(N)=O)cnc3c(C)cc(Cc4cccc(C(=O)N(C)CCOc5ccc(CCNC(=O)OC(C)(C)C)cc5)c4)cc23)c1. The molecule has 0 atom stereocenters. The van der Waals surface area contributed by atoms with E-state index in [0.29, 0.717) is 55.3 Å². The smallest absolute Gasteiger partial charge is 0.407 e. The van der Waals surface area contributed by atoms with Crippen molar-refractivity contribution in [2.45, 2.75) is 46.1 Å². The van der Waals surface area contributed by atoms with Crippen molar-refractivity contribution in [2.24, 2.45) is 5.73 Å². The average Bonchev–Trinajstić information content (AvgIpc) is 3.11. The number of carbonyl (C=O) groups is 3. The maximum absolute atomic E-state index is 13.4. The van der Waals surface area contributed by atoms with Crippen LogP contribution in [0.1, 0.15) is 63.7 Å². The third-order valence-electron chi connectivity index (χ3n) is 8.46. The van der Waals surface area contributed by atoms with Crippen molar-refractivity contribution < 1.29 is 28.6 Å². The lowest BCUT2D eigenvalue weighted by molar-refractivity contribution is 0.0528. The molecule has 0 fully saturated rings. The summed E-state index contributed by atoms with van der Waals surface area (Å²) >= 11 is 0. The number of aromatic nitrogens is 1. The number of anilines is 2. The van der Waals surface area contributed by atoms with Crippen molar-refractivity contribution in [1.82, 2.24) is 15.2 Å². The Hall–Kier alpha value is -6.10. The van der Waals surface area contributed by atoms with Gasteiger partial charge in [-0.15, -0.1) is 0 Å². The first-order valence-electron chi connectivity index (χ1n) is 17.5. The zero-order valence-corrected chi connectivity index (χ0v) is 31.1. The Morgan fingerprint density at radius 2 is 1.64 bits per heavy atom. The number of rotatable bonds is 14. The molecule has 0 bridgehead atoms. The molecule has 53 heavy (non-hydrogen) atoms. The number of hydrogen-bond donors (Lipinski definition) is 3. The fourth-order valence-corrected chi connectivity index (χ4v) is 5.87. The average molecular weight is 718 g/mol. The molecule has 0 aliphatic carbocycles. The van der Waals surface area contributed by atoms with Crippen LogP contribution in [0.25, 0.3) is 10.9 Å². The molecular weight excluding hydrogens is 670 g/mol. The van der Waals surface area contributed by atoms with Crippen LogP contribution in [0, 0.1) is 6.92 Å². The van der Waals surface area contributed by atoms with Gasteiger partial charge in [-0.1, -0.05) is 36.4 Å². The number of methoxy groups -OCH3 is 1. The first-order valence-corrected chi connectivity index (χ1v) is 17.5. The quantitative estimate of drug-likeness (QED) is 0.109. The molecule has 0 unspecified atom stereocenters. The summed E-state index contributed by atoms with van der Waals surface area (Å²) in [4.78, 5) is 44.0. The number of primary amides is 1. The molecular formula is C42H47N5O6. The number of nitrogens with two attached hydrogens (primary N) is 1. The van der Waals surface area contributed by atoms with Gasteiger partial charge in [-0.2, -0.15) is 0 Å². The maximum Gasteiger partial charge on any atom is 0.407 e. The minimum atomic E-state index is -0.590. The Labute approximate surface area is 310 Å². The highest BCUT2D eigenvalue weighted by atomic mass is 16.6. The summed E-state index contributed by atoms with van der Waals surface area (Å²) in [7, 11) is 3.35. The van der Waals surface area contributed by atoms with Crippen LogP contribution >= 0.6 is 0 Å². The second-order valence-electron chi connectivity index (χ2n) is 13.9. The lowest BCUT2D eigenvalue weighted by atomic mass is 9.97. The van der Waals surface area contributed by atoms with Crippen LogP contribution in [0.15, 0.2) is 91.1 Å². The Morgan fingerprint density at radius 3 is 2.36 bits per heavy atom. The summed E-state index contributed by atoms with van der Waals surface area (Å²) in [5, 5.41) is 6.90. The van der Waals surface area contributed by atoms with E-state index in [1.807, 2.05) is 107 Å². The minimum absolute atomic E-state index is 0.113.